The molecule has 2 unspecified atom stereocenters. The summed E-state index contributed by atoms with van der Waals surface area (Å²) in [5.74, 6) is -4.49. The molecule has 0 aromatic heterocycles. The van der Waals surface area contributed by atoms with Crippen molar-refractivity contribution in [2.45, 2.75) is 55.0 Å². The van der Waals surface area contributed by atoms with Gasteiger partial charge in [-0.15, -0.1) is 12.4 Å². The minimum absolute atomic E-state index is 0. The number of nitro groups is 1. The fourth-order valence-electron chi connectivity index (χ4n) is 7.15. The Kier molecular flexibility index (Phi) is 12.2. The van der Waals surface area contributed by atoms with Crippen molar-refractivity contribution in [2.24, 2.45) is 11.8 Å². The number of fused-ring (bicyclic) bond motifs is 1. The highest BCUT2D eigenvalue weighted by Crippen LogP contribution is 2.60. The molecule has 1 saturated heterocycles. The van der Waals surface area contributed by atoms with Crippen LogP contribution < -0.4 is 14.8 Å². The van der Waals surface area contributed by atoms with Crippen LogP contribution in [0.15, 0.2) is 89.8 Å². The predicted molar refractivity (Wildman–Crippen MR) is 200 cm³/mol. The van der Waals surface area contributed by atoms with E-state index in [4.69, 9.17) is 9.47 Å². The molecular formula is C39H41ClF3N3O8S. The molecule has 4 aromatic rings. The van der Waals surface area contributed by atoms with E-state index < -0.39 is 61.0 Å². The highest BCUT2D eigenvalue weighted by Gasteiger charge is 2.75. The highest BCUT2D eigenvalue weighted by atomic mass is 35.5. The molecule has 55 heavy (non-hydrogen) atoms. The number of halogens is 4. The van der Waals surface area contributed by atoms with E-state index in [1.807, 2.05) is 12.1 Å². The summed E-state index contributed by atoms with van der Waals surface area (Å²) in [5.41, 5.74) is 1.42. The first-order valence-corrected chi connectivity index (χ1v) is 18.8. The number of aliphatic carboxylic acids is 1. The molecule has 4 aromatic carbocycles. The summed E-state index contributed by atoms with van der Waals surface area (Å²) in [6.45, 7) is 6.79. The number of nitro benzene ring substituents is 1. The third-order valence-electron chi connectivity index (χ3n) is 10.1. The number of non-ortho nitro benzene ring substituents is 1. The average molecular weight is 804 g/mol. The lowest BCUT2D eigenvalue weighted by Gasteiger charge is -2.28. The first-order chi connectivity index (χ1) is 25.5. The molecule has 0 bridgehead atoms. The molecule has 0 amide bonds. The van der Waals surface area contributed by atoms with E-state index >= 15 is 0 Å². The average Bonchev–Trinajstić information content (AvgIpc) is 3.50. The summed E-state index contributed by atoms with van der Waals surface area (Å²) >= 11 is 0. The summed E-state index contributed by atoms with van der Waals surface area (Å²) in [5, 5.41) is 24.2. The van der Waals surface area contributed by atoms with E-state index in [0.717, 1.165) is 23.8 Å². The van der Waals surface area contributed by atoms with Crippen molar-refractivity contribution in [1.82, 2.24) is 10.2 Å². The van der Waals surface area contributed by atoms with Crippen molar-refractivity contribution in [2.75, 3.05) is 26.2 Å². The van der Waals surface area contributed by atoms with Gasteiger partial charge in [0.15, 0.2) is 27.6 Å². The Morgan fingerprint density at radius 1 is 0.945 bits per heavy atom. The quantitative estimate of drug-likeness (QED) is 0.0576. The maximum atomic E-state index is 14.4. The zero-order valence-electron chi connectivity index (χ0n) is 30.2. The van der Waals surface area contributed by atoms with Crippen LogP contribution in [-0.4, -0.2) is 66.5 Å². The van der Waals surface area contributed by atoms with Gasteiger partial charge in [0.05, 0.1) is 9.82 Å². The molecule has 16 heteroatoms. The highest BCUT2D eigenvalue weighted by molar-refractivity contribution is 7.93. The van der Waals surface area contributed by atoms with Gasteiger partial charge >= 0.3 is 5.97 Å². The van der Waals surface area contributed by atoms with Gasteiger partial charge in [-0.05, 0) is 59.0 Å². The second-order valence-corrected chi connectivity index (χ2v) is 16.8. The van der Waals surface area contributed by atoms with Crippen molar-refractivity contribution < 1.29 is 45.9 Å². The van der Waals surface area contributed by atoms with Crippen LogP contribution in [0.3, 0.4) is 0 Å². The van der Waals surface area contributed by atoms with Gasteiger partial charge in [0.1, 0.15) is 28.8 Å². The first-order valence-electron chi connectivity index (χ1n) is 17.3. The Bertz CT molecular complexity index is 2120. The van der Waals surface area contributed by atoms with Gasteiger partial charge in [0.2, 0.25) is 0 Å². The Balaban J connectivity index is 0.00000580. The van der Waals surface area contributed by atoms with Gasteiger partial charge in [0, 0.05) is 68.2 Å². The molecular weight excluding hydrogens is 763 g/mol. The summed E-state index contributed by atoms with van der Waals surface area (Å²) < 4.78 is 81.6. The van der Waals surface area contributed by atoms with Gasteiger partial charge in [0.25, 0.3) is 5.69 Å². The smallest absolute Gasteiger partial charge is 0.345 e. The molecule has 2 N–H and O–H groups in total. The number of rotatable bonds is 15. The van der Waals surface area contributed by atoms with E-state index in [0.29, 0.717) is 23.1 Å². The third-order valence-corrected chi connectivity index (χ3v) is 12.6. The first kappa shape index (κ1) is 41.5. The maximum absolute atomic E-state index is 14.4. The minimum Gasteiger partial charge on any atom is -0.492 e. The number of nitrogens with zero attached hydrogens (tertiary/aromatic N) is 2. The molecule has 294 valence electrons. The van der Waals surface area contributed by atoms with Crippen molar-refractivity contribution >= 4 is 33.9 Å². The Morgan fingerprint density at radius 2 is 1.53 bits per heavy atom. The number of carboxylic acids is 1. The van der Waals surface area contributed by atoms with Crippen LogP contribution in [0, 0.1) is 39.4 Å². The number of likely N-dealkylation sites (tertiary alicyclic amines) is 1. The zero-order valence-corrected chi connectivity index (χ0v) is 31.8. The molecule has 11 nitrogen and oxygen atoms in total. The molecule has 0 radical (unpaired) electrons. The number of piperidine rings is 1. The van der Waals surface area contributed by atoms with E-state index in [2.05, 4.69) is 26.1 Å². The molecule has 1 saturated carbocycles. The normalized spacial score (nSPS) is 19.9. The van der Waals surface area contributed by atoms with Crippen LogP contribution in [0.5, 0.6) is 11.5 Å². The molecule has 2 aliphatic rings. The summed E-state index contributed by atoms with van der Waals surface area (Å²) in [6, 6.07) is 20.0. The molecule has 4 atom stereocenters. The molecule has 2 fully saturated rings. The van der Waals surface area contributed by atoms with E-state index in [1.165, 1.54) is 12.1 Å². The third kappa shape index (κ3) is 8.75. The van der Waals surface area contributed by atoms with E-state index in [9.17, 15) is 41.6 Å². The summed E-state index contributed by atoms with van der Waals surface area (Å²) in [4.78, 5) is 22.8. The van der Waals surface area contributed by atoms with E-state index in [-0.39, 0.29) is 73.2 Å². The number of benzene rings is 4. The van der Waals surface area contributed by atoms with Gasteiger partial charge in [-0.25, -0.2) is 26.4 Å². The van der Waals surface area contributed by atoms with Crippen molar-refractivity contribution in [1.29, 1.82) is 0 Å². The van der Waals surface area contributed by atoms with Crippen LogP contribution in [0.25, 0.3) is 0 Å². The van der Waals surface area contributed by atoms with Crippen LogP contribution in [-0.2, 0) is 33.0 Å². The van der Waals surface area contributed by atoms with Gasteiger partial charge in [-0.2, -0.15) is 0 Å². The van der Waals surface area contributed by atoms with Gasteiger partial charge < -0.3 is 14.6 Å². The lowest BCUT2D eigenvalue weighted by molar-refractivity contribution is -0.384. The van der Waals surface area contributed by atoms with Crippen LogP contribution in [0.2, 0.25) is 0 Å². The Hall–Kier alpha value is -4.70. The number of ether oxygens (including phenoxy) is 2. The maximum Gasteiger partial charge on any atom is 0.345 e. The summed E-state index contributed by atoms with van der Waals surface area (Å²) in [6.07, 6.45) is -1.02. The van der Waals surface area contributed by atoms with Crippen molar-refractivity contribution in [3.8, 4) is 11.5 Å². The fraction of sp³-hybridized carbons (Fsp3) is 0.359. The van der Waals surface area contributed by atoms with Crippen LogP contribution in [0.4, 0.5) is 18.9 Å². The van der Waals surface area contributed by atoms with Gasteiger partial charge in [-0.3, -0.25) is 20.3 Å². The molecule has 1 aliphatic carbocycles. The topological polar surface area (TPSA) is 148 Å². The van der Waals surface area contributed by atoms with Crippen LogP contribution >= 0.6 is 12.4 Å². The van der Waals surface area contributed by atoms with Crippen LogP contribution in [0.1, 0.15) is 37.5 Å². The Labute approximate surface area is 322 Å². The molecule has 1 aliphatic heterocycles. The Morgan fingerprint density at radius 3 is 2.09 bits per heavy atom. The standard InChI is InChI=1S/C39H40F3N3O8S.ClH/c1-38(2,3)26-6-12-29(13-7-26)53-36(37(46)47)18-24-4-10-28(11-5-24)52-17-16-43-39(54(50,51)30-14-8-27(9-15-30)45(48)49)31-22-44(23-32(31)39)21-25-19-34(41)35(42)20-33(25)40;/h4-15,19-20,31-32,36,43H,16-18,21-23H2,1-3H3,(H,46,47);1H/t31-,32?,36-,39?;/m0./s1. The molecule has 0 spiro atoms. The number of nitrogens with one attached hydrogen (secondary N) is 1. The summed E-state index contributed by atoms with van der Waals surface area (Å²) in [7, 11) is -4.11. The minimum atomic E-state index is -4.11. The van der Waals surface area contributed by atoms with Crippen molar-refractivity contribution in [3.63, 3.8) is 0 Å². The second-order valence-electron chi connectivity index (χ2n) is 14.7. The largest absolute Gasteiger partial charge is 0.492 e. The number of sulfone groups is 1. The monoisotopic (exact) mass is 803 g/mol. The molecule has 1 heterocycles. The number of hydrogen-bond acceptors (Lipinski definition) is 9. The van der Waals surface area contributed by atoms with Crippen molar-refractivity contribution in [3.05, 3.63) is 129 Å². The van der Waals surface area contributed by atoms with Gasteiger partial charge in [-0.1, -0.05) is 45.0 Å². The lowest BCUT2D eigenvalue weighted by Crippen LogP contribution is -2.48. The zero-order chi connectivity index (χ0) is 39.0. The SMILES string of the molecule is CC(C)(C)c1ccc(O[C@@H](Cc2ccc(OCCNC3(S(=O)(=O)c4ccc([N+](=O)[O-])cc4)C4CN(Cc5cc(F)c(F)cc5F)C[C@@H]43)cc2)C(=O)O)cc1.Cl. The van der Waals surface area contributed by atoms with E-state index in [1.54, 1.807) is 41.3 Å². The lowest BCUT2D eigenvalue weighted by atomic mass is 9.87. The molecule has 6 rings (SSSR count). The number of hydrogen-bond donors (Lipinski definition) is 2. The number of carbonyl (C=O) groups is 1. The second kappa shape index (κ2) is 16.2. The fourth-order valence-corrected chi connectivity index (χ4v) is 9.53. The number of carboxylic acid groups (broad SMARTS) is 1. The predicted octanol–water partition coefficient (Wildman–Crippen LogP) is 6.71.